The summed E-state index contributed by atoms with van der Waals surface area (Å²) < 4.78 is 5.80. The molecule has 1 saturated heterocycles. The van der Waals surface area contributed by atoms with Gasteiger partial charge >= 0.3 is 6.03 Å². The fourth-order valence-corrected chi connectivity index (χ4v) is 3.96. The molecule has 4 amide bonds. The second kappa shape index (κ2) is 9.38. The van der Waals surface area contributed by atoms with E-state index < -0.39 is 22.8 Å². The van der Waals surface area contributed by atoms with Crippen LogP contribution in [0.3, 0.4) is 0 Å². The molecule has 5 rings (SSSR count). The minimum atomic E-state index is -0.794. The van der Waals surface area contributed by atoms with Crippen molar-refractivity contribution in [2.75, 3.05) is 9.80 Å². The SMILES string of the molecule is Cc1ccc(N2C(=O)/C(=C/c3ccc(-c4cccc([N+](=O)[O-])c4)o3)C(=O)N(c3ccccc3)C2=O)cc1. The lowest BCUT2D eigenvalue weighted by Gasteiger charge is -2.33. The van der Waals surface area contributed by atoms with Crippen LogP contribution in [0.4, 0.5) is 21.9 Å². The number of non-ortho nitro benzene ring substituents is 1. The number of furan rings is 1. The van der Waals surface area contributed by atoms with E-state index in [-0.39, 0.29) is 17.0 Å². The van der Waals surface area contributed by atoms with Gasteiger partial charge in [-0.1, -0.05) is 48.0 Å². The third-order valence-corrected chi connectivity index (χ3v) is 5.81. The average Bonchev–Trinajstić information content (AvgIpc) is 3.37. The lowest BCUT2D eigenvalue weighted by atomic mass is 10.1. The van der Waals surface area contributed by atoms with E-state index in [4.69, 9.17) is 4.42 Å². The number of carbonyl (C=O) groups excluding carboxylic acids is 3. The number of aryl methyl sites for hydroxylation is 1. The first-order valence-electron chi connectivity index (χ1n) is 11.2. The van der Waals surface area contributed by atoms with Crippen molar-refractivity contribution in [1.82, 2.24) is 0 Å². The van der Waals surface area contributed by atoms with Gasteiger partial charge in [0.15, 0.2) is 0 Å². The molecule has 0 atom stereocenters. The normalized spacial score (nSPS) is 14.9. The molecule has 2 heterocycles. The zero-order valence-corrected chi connectivity index (χ0v) is 19.5. The molecule has 1 aliphatic heterocycles. The van der Waals surface area contributed by atoms with E-state index in [0.29, 0.717) is 22.7 Å². The van der Waals surface area contributed by atoms with Crippen LogP contribution in [0.2, 0.25) is 0 Å². The number of imide groups is 2. The summed E-state index contributed by atoms with van der Waals surface area (Å²) in [7, 11) is 0. The summed E-state index contributed by atoms with van der Waals surface area (Å²) in [4.78, 5) is 52.8. The van der Waals surface area contributed by atoms with E-state index in [1.807, 2.05) is 6.92 Å². The monoisotopic (exact) mass is 493 g/mol. The molecule has 4 aromatic rings. The molecular weight excluding hydrogens is 474 g/mol. The first-order valence-corrected chi connectivity index (χ1v) is 11.2. The Kier molecular flexibility index (Phi) is 5.94. The Labute approximate surface area is 211 Å². The molecule has 0 aliphatic carbocycles. The number of para-hydroxylation sites is 1. The average molecular weight is 493 g/mol. The zero-order chi connectivity index (χ0) is 26.1. The molecule has 3 aromatic carbocycles. The molecule has 0 saturated carbocycles. The van der Waals surface area contributed by atoms with Crippen LogP contribution in [-0.4, -0.2) is 22.8 Å². The Morgan fingerprint density at radius 1 is 0.784 bits per heavy atom. The predicted octanol–water partition coefficient (Wildman–Crippen LogP) is 5.75. The lowest BCUT2D eigenvalue weighted by molar-refractivity contribution is -0.384. The second-order valence-corrected chi connectivity index (χ2v) is 8.30. The Hall–Kier alpha value is -5.31. The quantitative estimate of drug-likeness (QED) is 0.151. The van der Waals surface area contributed by atoms with Gasteiger partial charge in [0.2, 0.25) is 0 Å². The Morgan fingerprint density at radius 2 is 1.43 bits per heavy atom. The number of hydrogen-bond acceptors (Lipinski definition) is 6. The van der Waals surface area contributed by atoms with Gasteiger partial charge in [0.1, 0.15) is 17.1 Å². The van der Waals surface area contributed by atoms with Crippen molar-refractivity contribution in [3.05, 3.63) is 118 Å². The molecule has 182 valence electrons. The van der Waals surface area contributed by atoms with Gasteiger partial charge in [-0.05, 0) is 49.4 Å². The van der Waals surface area contributed by atoms with Crippen molar-refractivity contribution in [2.24, 2.45) is 0 Å². The molecule has 1 aliphatic rings. The largest absolute Gasteiger partial charge is 0.457 e. The summed E-state index contributed by atoms with van der Waals surface area (Å²) in [6.45, 7) is 1.88. The topological polar surface area (TPSA) is 114 Å². The van der Waals surface area contributed by atoms with Crippen LogP contribution in [0.5, 0.6) is 0 Å². The number of nitrogens with zero attached hydrogens (tertiary/aromatic N) is 3. The fraction of sp³-hybridized carbons (Fsp3) is 0.0357. The van der Waals surface area contributed by atoms with Crippen LogP contribution >= 0.6 is 0 Å². The fourth-order valence-electron chi connectivity index (χ4n) is 3.96. The minimum absolute atomic E-state index is 0.0998. The Balaban J connectivity index is 1.58. The van der Waals surface area contributed by atoms with E-state index in [9.17, 15) is 24.5 Å². The second-order valence-electron chi connectivity index (χ2n) is 8.30. The van der Waals surface area contributed by atoms with Gasteiger partial charge in [-0.3, -0.25) is 19.7 Å². The maximum Gasteiger partial charge on any atom is 0.343 e. The molecule has 0 radical (unpaired) electrons. The smallest absolute Gasteiger partial charge is 0.343 e. The minimum Gasteiger partial charge on any atom is -0.457 e. The van der Waals surface area contributed by atoms with Crippen molar-refractivity contribution in [3.63, 3.8) is 0 Å². The molecule has 0 bridgehead atoms. The Bertz CT molecular complexity index is 1570. The van der Waals surface area contributed by atoms with Gasteiger partial charge in [0.05, 0.1) is 16.3 Å². The maximum atomic E-state index is 13.5. The highest BCUT2D eigenvalue weighted by molar-refractivity contribution is 6.46. The van der Waals surface area contributed by atoms with Crippen LogP contribution in [0.1, 0.15) is 11.3 Å². The number of nitro benzene ring substituents is 1. The van der Waals surface area contributed by atoms with Gasteiger partial charge < -0.3 is 4.42 Å². The zero-order valence-electron chi connectivity index (χ0n) is 19.5. The molecule has 9 nitrogen and oxygen atoms in total. The molecule has 9 heteroatoms. The third kappa shape index (κ3) is 4.41. The summed E-state index contributed by atoms with van der Waals surface area (Å²) in [6, 6.07) is 23.4. The highest BCUT2D eigenvalue weighted by Crippen LogP contribution is 2.31. The van der Waals surface area contributed by atoms with E-state index in [1.54, 1.807) is 72.8 Å². The number of anilines is 2. The number of carbonyl (C=O) groups is 3. The number of urea groups is 1. The lowest BCUT2D eigenvalue weighted by Crippen LogP contribution is -2.57. The highest BCUT2D eigenvalue weighted by atomic mass is 16.6. The summed E-state index contributed by atoms with van der Waals surface area (Å²) in [5.41, 5.74) is 1.65. The van der Waals surface area contributed by atoms with Crippen molar-refractivity contribution in [2.45, 2.75) is 6.92 Å². The summed E-state index contributed by atoms with van der Waals surface area (Å²) in [6.07, 6.45) is 1.27. The van der Waals surface area contributed by atoms with Gasteiger partial charge in [-0.15, -0.1) is 0 Å². The first-order chi connectivity index (χ1) is 17.8. The summed E-state index contributed by atoms with van der Waals surface area (Å²) in [5, 5.41) is 11.1. The highest BCUT2D eigenvalue weighted by Gasteiger charge is 2.43. The van der Waals surface area contributed by atoms with Crippen molar-refractivity contribution >= 4 is 41.0 Å². The van der Waals surface area contributed by atoms with Crippen LogP contribution in [0.25, 0.3) is 17.4 Å². The molecule has 1 aromatic heterocycles. The number of benzene rings is 3. The molecule has 37 heavy (non-hydrogen) atoms. The molecule has 0 unspecified atom stereocenters. The summed E-state index contributed by atoms with van der Waals surface area (Å²) >= 11 is 0. The van der Waals surface area contributed by atoms with E-state index in [2.05, 4.69) is 0 Å². The number of amides is 4. The first kappa shape index (κ1) is 23.4. The van der Waals surface area contributed by atoms with E-state index >= 15 is 0 Å². The van der Waals surface area contributed by atoms with Crippen molar-refractivity contribution < 1.29 is 23.7 Å². The number of rotatable bonds is 5. The van der Waals surface area contributed by atoms with Crippen LogP contribution in [0.15, 0.2) is 101 Å². The van der Waals surface area contributed by atoms with E-state index in [1.165, 1.54) is 24.3 Å². The van der Waals surface area contributed by atoms with Crippen molar-refractivity contribution in [1.29, 1.82) is 0 Å². The third-order valence-electron chi connectivity index (χ3n) is 5.81. The van der Waals surface area contributed by atoms with Crippen LogP contribution < -0.4 is 9.80 Å². The molecule has 0 spiro atoms. The summed E-state index contributed by atoms with van der Waals surface area (Å²) in [5.74, 6) is -1.10. The standard InChI is InChI=1S/C28H19N3O6/c1-18-10-12-21(13-11-18)30-27(33)24(26(32)29(28(30)34)20-7-3-2-4-8-20)17-23-14-15-25(37-23)19-6-5-9-22(16-19)31(35)36/h2-17H,1H3/b24-17+. The van der Waals surface area contributed by atoms with Gasteiger partial charge in [0, 0.05) is 17.7 Å². The van der Waals surface area contributed by atoms with Gasteiger partial charge in [-0.25, -0.2) is 14.6 Å². The number of nitro groups is 1. The van der Waals surface area contributed by atoms with Gasteiger partial charge in [-0.2, -0.15) is 0 Å². The predicted molar refractivity (Wildman–Crippen MR) is 137 cm³/mol. The van der Waals surface area contributed by atoms with E-state index in [0.717, 1.165) is 15.4 Å². The number of hydrogen-bond donors (Lipinski definition) is 0. The maximum absolute atomic E-state index is 13.5. The van der Waals surface area contributed by atoms with Gasteiger partial charge in [0.25, 0.3) is 17.5 Å². The molecule has 1 fully saturated rings. The van der Waals surface area contributed by atoms with Crippen LogP contribution in [-0.2, 0) is 9.59 Å². The number of barbiturate groups is 1. The molecular formula is C28H19N3O6. The molecule has 0 N–H and O–H groups in total. The van der Waals surface area contributed by atoms with Crippen molar-refractivity contribution in [3.8, 4) is 11.3 Å². The Morgan fingerprint density at radius 3 is 2.08 bits per heavy atom. The van der Waals surface area contributed by atoms with Crippen LogP contribution in [0, 0.1) is 17.0 Å².